The van der Waals surface area contributed by atoms with E-state index in [1.165, 1.54) is 27.3 Å². The predicted molar refractivity (Wildman–Crippen MR) is 122 cm³/mol. The molecular formula is C23H29N3O5S. The van der Waals surface area contributed by atoms with Gasteiger partial charge in [0.1, 0.15) is 5.75 Å². The van der Waals surface area contributed by atoms with Crippen LogP contribution in [0, 0.1) is 0 Å². The maximum atomic E-state index is 12.4. The number of benzene rings is 2. The van der Waals surface area contributed by atoms with Gasteiger partial charge >= 0.3 is 0 Å². The maximum absolute atomic E-state index is 12.4. The molecule has 0 radical (unpaired) electrons. The van der Waals surface area contributed by atoms with Crippen LogP contribution in [0.3, 0.4) is 0 Å². The third-order valence-electron chi connectivity index (χ3n) is 5.44. The Kier molecular flexibility index (Phi) is 7.52. The molecule has 1 aliphatic rings. The third-order valence-corrected chi connectivity index (χ3v) is 7.25. The monoisotopic (exact) mass is 459 g/mol. The van der Waals surface area contributed by atoms with Gasteiger partial charge in [0, 0.05) is 45.7 Å². The maximum Gasteiger partial charge on any atom is 0.242 e. The molecule has 2 amide bonds. The summed E-state index contributed by atoms with van der Waals surface area (Å²) in [5, 5.41) is 2.89. The molecule has 3 rings (SSSR count). The number of nitrogens with one attached hydrogen (secondary N) is 1. The quantitative estimate of drug-likeness (QED) is 0.621. The number of aryl methyl sites for hydroxylation is 1. The number of anilines is 1. The molecule has 0 saturated carbocycles. The molecule has 0 bridgehead atoms. The Morgan fingerprint density at radius 2 is 1.97 bits per heavy atom. The van der Waals surface area contributed by atoms with Gasteiger partial charge in [-0.15, -0.1) is 0 Å². The number of hydrogen-bond acceptors (Lipinski definition) is 5. The Balaban J connectivity index is 1.61. The summed E-state index contributed by atoms with van der Waals surface area (Å²) >= 11 is 0. The molecule has 2 aromatic carbocycles. The van der Waals surface area contributed by atoms with Gasteiger partial charge in [-0.05, 0) is 54.3 Å². The first-order valence-corrected chi connectivity index (χ1v) is 11.9. The zero-order valence-electron chi connectivity index (χ0n) is 18.6. The first kappa shape index (κ1) is 23.7. The van der Waals surface area contributed by atoms with E-state index in [2.05, 4.69) is 5.32 Å². The van der Waals surface area contributed by atoms with Crippen LogP contribution in [-0.2, 0) is 32.6 Å². The summed E-state index contributed by atoms with van der Waals surface area (Å²) in [6.45, 7) is 1.07. The Labute approximate surface area is 189 Å². The van der Waals surface area contributed by atoms with Gasteiger partial charge in [0.2, 0.25) is 21.8 Å². The highest BCUT2D eigenvalue weighted by Crippen LogP contribution is 2.25. The molecule has 0 spiro atoms. The minimum atomic E-state index is -3.58. The number of ether oxygens (including phenoxy) is 1. The minimum Gasteiger partial charge on any atom is -0.496 e. The van der Waals surface area contributed by atoms with Gasteiger partial charge in [0.25, 0.3) is 0 Å². The summed E-state index contributed by atoms with van der Waals surface area (Å²) in [7, 11) is 0.883. The van der Waals surface area contributed by atoms with Crippen LogP contribution in [0.4, 0.5) is 5.69 Å². The molecule has 2 aromatic rings. The molecule has 1 aliphatic heterocycles. The number of carbonyl (C=O) groups is 2. The van der Waals surface area contributed by atoms with E-state index in [1.54, 1.807) is 17.0 Å². The topological polar surface area (TPSA) is 96.0 Å². The molecule has 1 saturated heterocycles. The fourth-order valence-electron chi connectivity index (χ4n) is 3.61. The molecule has 1 heterocycles. The summed E-state index contributed by atoms with van der Waals surface area (Å²) in [5.74, 6) is 0.507. The summed E-state index contributed by atoms with van der Waals surface area (Å²) in [6.07, 6.45) is 1.96. The molecular weight excluding hydrogens is 430 g/mol. The van der Waals surface area contributed by atoms with Gasteiger partial charge < -0.3 is 15.0 Å². The number of rotatable bonds is 9. The lowest BCUT2D eigenvalue weighted by atomic mass is 10.1. The van der Waals surface area contributed by atoms with Gasteiger partial charge in [-0.1, -0.05) is 12.1 Å². The number of methoxy groups -OCH3 is 1. The lowest BCUT2D eigenvalue weighted by molar-refractivity contribution is -0.121. The predicted octanol–water partition coefficient (Wildman–Crippen LogP) is 2.32. The molecule has 32 heavy (non-hydrogen) atoms. The van der Waals surface area contributed by atoms with Gasteiger partial charge in [-0.3, -0.25) is 9.59 Å². The Bertz CT molecular complexity index is 1100. The van der Waals surface area contributed by atoms with Crippen LogP contribution in [0.25, 0.3) is 0 Å². The zero-order valence-corrected chi connectivity index (χ0v) is 19.4. The van der Waals surface area contributed by atoms with Gasteiger partial charge in [-0.25, -0.2) is 12.7 Å². The van der Waals surface area contributed by atoms with E-state index in [1.807, 2.05) is 24.3 Å². The molecule has 1 fully saturated rings. The number of amides is 2. The summed E-state index contributed by atoms with van der Waals surface area (Å²) < 4.78 is 31.3. The third kappa shape index (κ3) is 5.46. The molecule has 0 aromatic heterocycles. The molecule has 0 atom stereocenters. The van der Waals surface area contributed by atoms with Crippen molar-refractivity contribution in [2.24, 2.45) is 0 Å². The van der Waals surface area contributed by atoms with Crippen LogP contribution in [0.2, 0.25) is 0 Å². The van der Waals surface area contributed by atoms with Crippen LogP contribution >= 0.6 is 0 Å². The van der Waals surface area contributed by atoms with E-state index in [9.17, 15) is 18.0 Å². The largest absolute Gasteiger partial charge is 0.496 e. The SMILES string of the molecule is COc1ccc(S(=O)(=O)N(C)C)cc1CCC(=O)NCc1cccc(N2CCCC2=O)c1. The van der Waals surface area contributed by atoms with Crippen LogP contribution in [0.15, 0.2) is 47.4 Å². The van der Waals surface area contributed by atoms with Crippen LogP contribution in [0.1, 0.15) is 30.4 Å². The van der Waals surface area contributed by atoms with Gasteiger partial charge in [0.05, 0.1) is 12.0 Å². The first-order chi connectivity index (χ1) is 15.2. The van der Waals surface area contributed by atoms with E-state index in [0.29, 0.717) is 30.7 Å². The van der Waals surface area contributed by atoms with Crippen molar-refractivity contribution in [3.05, 3.63) is 53.6 Å². The molecule has 0 unspecified atom stereocenters. The second kappa shape index (κ2) is 10.1. The van der Waals surface area contributed by atoms with Crippen molar-refractivity contribution in [3.8, 4) is 5.75 Å². The van der Waals surface area contributed by atoms with Gasteiger partial charge in [-0.2, -0.15) is 0 Å². The standard InChI is InChI=1S/C23H29N3O5S/c1-25(2)32(29,30)20-10-11-21(31-3)18(15-20)9-12-22(27)24-16-17-6-4-7-19(14-17)26-13-5-8-23(26)28/h4,6-7,10-11,14-15H,5,8-9,12-13,16H2,1-3H3,(H,24,27). The molecule has 1 N–H and O–H groups in total. The Morgan fingerprint density at radius 1 is 1.19 bits per heavy atom. The number of carbonyl (C=O) groups excluding carboxylic acids is 2. The van der Waals surface area contributed by atoms with Crippen molar-refractivity contribution in [2.45, 2.75) is 37.1 Å². The highest BCUT2D eigenvalue weighted by Gasteiger charge is 2.22. The Hall–Kier alpha value is -2.91. The average molecular weight is 460 g/mol. The number of hydrogen-bond donors (Lipinski definition) is 1. The van der Waals surface area contributed by atoms with Crippen molar-refractivity contribution in [1.82, 2.24) is 9.62 Å². The summed E-state index contributed by atoms with van der Waals surface area (Å²) in [4.78, 5) is 26.3. The fraction of sp³-hybridized carbons (Fsp3) is 0.391. The number of sulfonamides is 1. The van der Waals surface area contributed by atoms with Crippen molar-refractivity contribution in [1.29, 1.82) is 0 Å². The number of nitrogens with zero attached hydrogens (tertiary/aromatic N) is 2. The van der Waals surface area contributed by atoms with Crippen LogP contribution in [0.5, 0.6) is 5.75 Å². The van der Waals surface area contributed by atoms with Crippen molar-refractivity contribution in [3.63, 3.8) is 0 Å². The summed E-state index contributed by atoms with van der Waals surface area (Å²) in [5.41, 5.74) is 2.41. The highest BCUT2D eigenvalue weighted by atomic mass is 32.2. The van der Waals surface area contributed by atoms with E-state index >= 15 is 0 Å². The second-order valence-electron chi connectivity index (χ2n) is 7.86. The molecule has 9 heteroatoms. The van der Waals surface area contributed by atoms with Crippen LogP contribution < -0.4 is 15.0 Å². The van der Waals surface area contributed by atoms with Gasteiger partial charge in [0.15, 0.2) is 0 Å². The highest BCUT2D eigenvalue weighted by molar-refractivity contribution is 7.89. The van der Waals surface area contributed by atoms with E-state index in [0.717, 1.165) is 28.5 Å². The van der Waals surface area contributed by atoms with Crippen LogP contribution in [-0.4, -0.2) is 52.3 Å². The normalized spacial score (nSPS) is 14.1. The van der Waals surface area contributed by atoms with E-state index in [4.69, 9.17) is 4.74 Å². The summed E-state index contributed by atoms with van der Waals surface area (Å²) in [6, 6.07) is 12.3. The lowest BCUT2D eigenvalue weighted by Crippen LogP contribution is -2.25. The fourth-order valence-corrected chi connectivity index (χ4v) is 4.57. The average Bonchev–Trinajstić information content (AvgIpc) is 3.22. The minimum absolute atomic E-state index is 0.124. The van der Waals surface area contributed by atoms with Crippen molar-refractivity contribution < 1.29 is 22.7 Å². The van der Waals surface area contributed by atoms with Crippen molar-refractivity contribution in [2.75, 3.05) is 32.6 Å². The lowest BCUT2D eigenvalue weighted by Gasteiger charge is -2.17. The molecule has 8 nitrogen and oxygen atoms in total. The Morgan fingerprint density at radius 3 is 2.62 bits per heavy atom. The smallest absolute Gasteiger partial charge is 0.242 e. The van der Waals surface area contributed by atoms with Crippen molar-refractivity contribution >= 4 is 27.5 Å². The van der Waals surface area contributed by atoms with E-state index < -0.39 is 10.0 Å². The van der Waals surface area contributed by atoms with E-state index in [-0.39, 0.29) is 23.1 Å². The molecule has 0 aliphatic carbocycles. The second-order valence-corrected chi connectivity index (χ2v) is 10.0. The first-order valence-electron chi connectivity index (χ1n) is 10.5. The molecule has 172 valence electrons. The zero-order chi connectivity index (χ0) is 23.3.